The van der Waals surface area contributed by atoms with Gasteiger partial charge in [0.25, 0.3) is 0 Å². The van der Waals surface area contributed by atoms with Gasteiger partial charge in [0.05, 0.1) is 39.6 Å². The standard InChI is InChI=1S/C64H122O26/c1-3-5-7-9-11-13-15-17-19-21-23-25-27-29-31-33-81-59(45(89-63-57(79)53(75)49(71)43(37-67)87-63)39-83-61-55(77)51(73)47(69)41(35-65)85-61)60(82-34-32-30-28-26-24-22-20-18-16-14-12-10-8-6-4-2)46(90-64-58(80)54(76)50(72)44(38-68)88-64)40-84-62-56(78)52(74)48(70)42(36-66)86-62/h41-80H,3-40H2,1-2H3/t41?,42?,43?,44?,45-,46-,47+,48+,49+,50+,51-,52-,53-,54-,55?,56?,57?,58?,59-,60-,61+,62+,63-,64-/m0/s1. The number of unbranched alkanes of at least 4 members (excludes halogenated alkanes) is 28. The quantitative estimate of drug-likeness (QED) is 0.0384. The first kappa shape index (κ1) is 81.4. The zero-order valence-electron chi connectivity index (χ0n) is 54.0. The van der Waals surface area contributed by atoms with Crippen LogP contribution in [-0.2, 0) is 47.4 Å². The van der Waals surface area contributed by atoms with Gasteiger partial charge in [-0.05, 0) is 12.8 Å². The number of hydrogen-bond donors (Lipinski definition) is 16. The van der Waals surface area contributed by atoms with E-state index in [2.05, 4.69) is 13.8 Å². The maximum absolute atomic E-state index is 11.5. The van der Waals surface area contributed by atoms with Crippen molar-refractivity contribution in [3.63, 3.8) is 0 Å². The van der Waals surface area contributed by atoms with Crippen LogP contribution >= 0.6 is 0 Å². The first-order chi connectivity index (χ1) is 43.5. The molecule has 0 aromatic carbocycles. The second-order valence-corrected chi connectivity index (χ2v) is 25.4. The lowest BCUT2D eigenvalue weighted by Crippen LogP contribution is -2.63. The van der Waals surface area contributed by atoms with Gasteiger partial charge in [0, 0.05) is 13.2 Å². The molecule has 0 radical (unpaired) electrons. The van der Waals surface area contributed by atoms with Gasteiger partial charge >= 0.3 is 0 Å². The summed E-state index contributed by atoms with van der Waals surface area (Å²) in [6, 6.07) is 0. The molecule has 4 saturated heterocycles. The summed E-state index contributed by atoms with van der Waals surface area (Å²) in [5, 5.41) is 173. The van der Waals surface area contributed by atoms with Crippen molar-refractivity contribution in [1.29, 1.82) is 0 Å². The van der Waals surface area contributed by atoms with E-state index in [0.717, 1.165) is 64.2 Å². The largest absolute Gasteiger partial charge is 0.394 e. The van der Waals surface area contributed by atoms with Gasteiger partial charge in [-0.3, -0.25) is 0 Å². The maximum atomic E-state index is 11.5. The Balaban J connectivity index is 1.72. The molecule has 0 bridgehead atoms. The molecule has 4 aliphatic rings. The van der Waals surface area contributed by atoms with Crippen LogP contribution in [-0.4, -0.2) is 282 Å². The van der Waals surface area contributed by atoms with Crippen LogP contribution in [0.25, 0.3) is 0 Å². The first-order valence-electron chi connectivity index (χ1n) is 34.5. The van der Waals surface area contributed by atoms with Crippen LogP contribution in [0.3, 0.4) is 0 Å². The van der Waals surface area contributed by atoms with Crippen molar-refractivity contribution in [2.24, 2.45) is 0 Å². The minimum absolute atomic E-state index is 0.0589. The third-order valence-corrected chi connectivity index (χ3v) is 18.0. The van der Waals surface area contributed by atoms with Crippen molar-refractivity contribution in [2.45, 2.75) is 354 Å². The number of hydrogen-bond acceptors (Lipinski definition) is 26. The van der Waals surface area contributed by atoms with Crippen LogP contribution in [0.4, 0.5) is 0 Å². The highest BCUT2D eigenvalue weighted by molar-refractivity contribution is 4.96. The second-order valence-electron chi connectivity index (χ2n) is 25.4. The Labute approximate surface area is 534 Å². The van der Waals surface area contributed by atoms with Crippen molar-refractivity contribution in [1.82, 2.24) is 0 Å². The van der Waals surface area contributed by atoms with E-state index >= 15 is 0 Å². The SMILES string of the molecule is CCCCCCCCCCCCCCCCCO[C@H]([C@@H](OCCCCCCCCCCCCCCCCC)[C@H](CO[C@@H]1OC(CO)[C@@H](O)[C@H](O)C1O)O[C@@H]1OC(CO)[C@@H](O)[C@H](O)C1O)[C@H](CO[C@@H]1OC(CO)[C@@H](O)[C@H](O)C1O)O[C@@H]1OC(CO)[C@@H](O)[C@H](O)C1O. The minimum atomic E-state index is -2.02. The molecule has 0 aliphatic carbocycles. The molecule has 26 heteroatoms. The van der Waals surface area contributed by atoms with E-state index in [1.165, 1.54) is 103 Å². The van der Waals surface area contributed by atoms with Gasteiger partial charge in [-0.25, -0.2) is 0 Å². The summed E-state index contributed by atoms with van der Waals surface area (Å²) < 4.78 is 62.1. The number of rotatable bonds is 51. The molecule has 0 aromatic rings. The van der Waals surface area contributed by atoms with E-state index < -0.39 is 187 Å². The van der Waals surface area contributed by atoms with Crippen LogP contribution < -0.4 is 0 Å². The Hall–Kier alpha value is -1.04. The number of ether oxygens (including phenoxy) is 10. The zero-order chi connectivity index (χ0) is 65.8. The molecule has 90 heavy (non-hydrogen) atoms. The predicted molar refractivity (Wildman–Crippen MR) is 326 cm³/mol. The lowest BCUT2D eigenvalue weighted by atomic mass is 9.97. The summed E-state index contributed by atoms with van der Waals surface area (Å²) in [5.74, 6) is 0. The third kappa shape index (κ3) is 27.5. The van der Waals surface area contributed by atoms with Gasteiger partial charge in [0.1, 0.15) is 122 Å². The average molecular weight is 1310 g/mol. The Morgan fingerprint density at radius 2 is 0.478 bits per heavy atom. The number of aliphatic hydroxyl groups is 16. The van der Waals surface area contributed by atoms with E-state index in [0.29, 0.717) is 25.7 Å². The Bertz CT molecular complexity index is 1610. The molecule has 0 amide bonds. The molecular formula is C64H122O26. The Morgan fingerprint density at radius 1 is 0.267 bits per heavy atom. The molecule has 0 spiro atoms. The summed E-state index contributed by atoms with van der Waals surface area (Å²) in [5.41, 5.74) is 0. The third-order valence-electron chi connectivity index (χ3n) is 18.0. The molecule has 4 fully saturated rings. The van der Waals surface area contributed by atoms with Crippen molar-refractivity contribution in [3.8, 4) is 0 Å². The molecule has 4 aliphatic heterocycles. The van der Waals surface area contributed by atoms with E-state index in [1.54, 1.807) is 0 Å². The fourth-order valence-corrected chi connectivity index (χ4v) is 12.1. The Kier molecular flexibility index (Phi) is 42.5. The average Bonchev–Trinajstić information content (AvgIpc) is 1.11. The molecule has 24 atom stereocenters. The molecule has 0 aromatic heterocycles. The summed E-state index contributed by atoms with van der Waals surface area (Å²) in [7, 11) is 0. The van der Waals surface area contributed by atoms with Gasteiger partial charge < -0.3 is 129 Å². The van der Waals surface area contributed by atoms with E-state index in [1.807, 2.05) is 0 Å². The predicted octanol–water partition coefficient (Wildman–Crippen LogP) is 1.50. The van der Waals surface area contributed by atoms with Gasteiger partial charge in [-0.1, -0.05) is 194 Å². The van der Waals surface area contributed by atoms with Crippen molar-refractivity contribution in [3.05, 3.63) is 0 Å². The van der Waals surface area contributed by atoms with Crippen LogP contribution in [0.15, 0.2) is 0 Å². The molecule has 4 rings (SSSR count). The summed E-state index contributed by atoms with van der Waals surface area (Å²) in [6.07, 6.45) is -10.4. The van der Waals surface area contributed by atoms with Crippen molar-refractivity contribution in [2.75, 3.05) is 52.9 Å². The fourth-order valence-electron chi connectivity index (χ4n) is 12.1. The highest BCUT2D eigenvalue weighted by Gasteiger charge is 2.52. The van der Waals surface area contributed by atoms with Crippen LogP contribution in [0.2, 0.25) is 0 Å². The normalized spacial score (nSPS) is 33.9. The van der Waals surface area contributed by atoms with Crippen LogP contribution in [0, 0.1) is 0 Å². The fraction of sp³-hybridized carbons (Fsp3) is 1.00. The van der Waals surface area contributed by atoms with Crippen molar-refractivity contribution < 1.29 is 129 Å². The van der Waals surface area contributed by atoms with E-state index in [4.69, 9.17) is 47.4 Å². The molecule has 534 valence electrons. The van der Waals surface area contributed by atoms with Gasteiger partial charge in [0.2, 0.25) is 0 Å². The first-order valence-corrected chi connectivity index (χ1v) is 34.5. The van der Waals surface area contributed by atoms with Gasteiger partial charge in [-0.2, -0.15) is 0 Å². The molecule has 16 N–H and O–H groups in total. The highest BCUT2D eigenvalue weighted by Crippen LogP contribution is 2.33. The minimum Gasteiger partial charge on any atom is -0.394 e. The number of aliphatic hydroxyl groups excluding tert-OH is 16. The molecule has 26 nitrogen and oxygen atoms in total. The van der Waals surface area contributed by atoms with Gasteiger partial charge in [0.15, 0.2) is 25.2 Å². The van der Waals surface area contributed by atoms with Crippen LogP contribution in [0.5, 0.6) is 0 Å². The van der Waals surface area contributed by atoms with Crippen molar-refractivity contribution >= 4 is 0 Å². The Morgan fingerprint density at radius 3 is 0.711 bits per heavy atom. The molecular weight excluding hydrogens is 1180 g/mol. The smallest absolute Gasteiger partial charge is 0.187 e. The lowest BCUT2D eigenvalue weighted by Gasteiger charge is -2.46. The summed E-state index contributed by atoms with van der Waals surface area (Å²) in [4.78, 5) is 0. The molecule has 8 unspecified atom stereocenters. The summed E-state index contributed by atoms with van der Waals surface area (Å²) in [6.45, 7) is -0.594. The maximum Gasteiger partial charge on any atom is 0.187 e. The zero-order valence-corrected chi connectivity index (χ0v) is 54.0. The van der Waals surface area contributed by atoms with E-state index in [-0.39, 0.29) is 13.2 Å². The highest BCUT2D eigenvalue weighted by atomic mass is 16.8. The lowest BCUT2D eigenvalue weighted by molar-refractivity contribution is -0.351. The summed E-state index contributed by atoms with van der Waals surface area (Å²) >= 11 is 0. The second kappa shape index (κ2) is 47.0. The van der Waals surface area contributed by atoms with E-state index in [9.17, 15) is 81.7 Å². The monoisotopic (exact) mass is 1310 g/mol. The topological polar surface area (TPSA) is 416 Å². The molecule has 0 saturated carbocycles. The molecule has 4 heterocycles. The van der Waals surface area contributed by atoms with Gasteiger partial charge in [-0.15, -0.1) is 0 Å². The van der Waals surface area contributed by atoms with Crippen LogP contribution in [0.1, 0.15) is 206 Å².